The highest BCUT2D eigenvalue weighted by Crippen LogP contribution is 2.38. The summed E-state index contributed by atoms with van der Waals surface area (Å²) in [5.41, 5.74) is 0.771. The Labute approximate surface area is 169 Å². The van der Waals surface area contributed by atoms with E-state index >= 15 is 0 Å². The predicted octanol–water partition coefficient (Wildman–Crippen LogP) is 2.82. The van der Waals surface area contributed by atoms with E-state index in [2.05, 4.69) is 0 Å². The Balaban J connectivity index is 2.14. The number of hydrogen-bond donors (Lipinski definition) is 0. The largest absolute Gasteiger partial charge is 0.493 e. The maximum Gasteiger partial charge on any atom is 0.338 e. The summed E-state index contributed by atoms with van der Waals surface area (Å²) < 4.78 is 20.8. The Bertz CT molecular complexity index is 867. The summed E-state index contributed by atoms with van der Waals surface area (Å²) in [4.78, 5) is 26.5. The third-order valence-electron chi connectivity index (χ3n) is 4.04. The maximum atomic E-state index is 12.6. The predicted molar refractivity (Wildman–Crippen MR) is 105 cm³/mol. The van der Waals surface area contributed by atoms with Crippen LogP contribution in [0.2, 0.25) is 0 Å². The SMILES string of the molecule is COc1cc(C(=O)OCC(=O)N(CCC#N)c2ccccc2)cc(OC)c1OC. The molecule has 0 atom stereocenters. The number of para-hydroxylation sites is 1. The number of anilines is 1. The van der Waals surface area contributed by atoms with E-state index in [1.54, 1.807) is 24.3 Å². The minimum atomic E-state index is -0.717. The molecule has 0 aliphatic carbocycles. The molecule has 0 radical (unpaired) electrons. The number of ether oxygens (including phenoxy) is 4. The second kappa shape index (κ2) is 10.6. The molecule has 0 bridgehead atoms. The lowest BCUT2D eigenvalue weighted by atomic mass is 10.2. The molecule has 2 aromatic carbocycles. The number of hydrogen-bond acceptors (Lipinski definition) is 7. The van der Waals surface area contributed by atoms with Gasteiger partial charge in [0.2, 0.25) is 5.75 Å². The highest BCUT2D eigenvalue weighted by atomic mass is 16.5. The van der Waals surface area contributed by atoms with E-state index < -0.39 is 18.5 Å². The molecule has 29 heavy (non-hydrogen) atoms. The zero-order chi connectivity index (χ0) is 21.2. The molecule has 0 aliphatic rings. The van der Waals surface area contributed by atoms with Crippen LogP contribution in [0.1, 0.15) is 16.8 Å². The molecule has 1 amide bonds. The van der Waals surface area contributed by atoms with Crippen LogP contribution in [0.5, 0.6) is 17.2 Å². The molecule has 0 saturated heterocycles. The van der Waals surface area contributed by atoms with Crippen LogP contribution in [0, 0.1) is 11.3 Å². The molecule has 152 valence electrons. The van der Waals surface area contributed by atoms with Crippen LogP contribution in [-0.4, -0.2) is 46.4 Å². The number of amides is 1. The fourth-order valence-corrected chi connectivity index (χ4v) is 2.66. The van der Waals surface area contributed by atoms with Crippen LogP contribution < -0.4 is 19.1 Å². The molecule has 8 heteroatoms. The average molecular weight is 398 g/mol. The monoisotopic (exact) mass is 398 g/mol. The van der Waals surface area contributed by atoms with Crippen molar-refractivity contribution in [3.8, 4) is 23.3 Å². The average Bonchev–Trinajstić information content (AvgIpc) is 2.77. The maximum absolute atomic E-state index is 12.6. The molecule has 0 saturated carbocycles. The van der Waals surface area contributed by atoms with Gasteiger partial charge < -0.3 is 23.8 Å². The molecule has 0 N–H and O–H groups in total. The first-order chi connectivity index (χ1) is 14.0. The van der Waals surface area contributed by atoms with Gasteiger partial charge in [-0.3, -0.25) is 4.79 Å². The molecule has 2 aromatic rings. The molecule has 0 heterocycles. The molecule has 0 spiro atoms. The molecule has 0 aliphatic heterocycles. The Kier molecular flexibility index (Phi) is 7.86. The summed E-state index contributed by atoms with van der Waals surface area (Å²) in [5.74, 6) is -0.220. The Hall–Kier alpha value is -3.73. The Morgan fingerprint density at radius 2 is 1.62 bits per heavy atom. The van der Waals surface area contributed by atoms with Crippen LogP contribution in [0.3, 0.4) is 0 Å². The van der Waals surface area contributed by atoms with E-state index in [-0.39, 0.29) is 18.5 Å². The van der Waals surface area contributed by atoms with Crippen molar-refractivity contribution in [2.24, 2.45) is 0 Å². The highest BCUT2D eigenvalue weighted by Gasteiger charge is 2.21. The smallest absolute Gasteiger partial charge is 0.338 e. The summed E-state index contributed by atoms with van der Waals surface area (Å²) in [7, 11) is 4.32. The third-order valence-corrected chi connectivity index (χ3v) is 4.04. The van der Waals surface area contributed by atoms with Gasteiger partial charge in [0, 0.05) is 12.2 Å². The van der Waals surface area contributed by atoms with Crippen molar-refractivity contribution in [3.63, 3.8) is 0 Å². The number of carbonyl (C=O) groups is 2. The summed E-state index contributed by atoms with van der Waals surface area (Å²) >= 11 is 0. The van der Waals surface area contributed by atoms with Gasteiger partial charge in [0.25, 0.3) is 5.91 Å². The number of carbonyl (C=O) groups excluding carboxylic acids is 2. The fraction of sp³-hybridized carbons (Fsp3) is 0.286. The Morgan fingerprint density at radius 3 is 2.14 bits per heavy atom. The number of nitrogens with zero attached hydrogens (tertiary/aromatic N) is 2. The molecule has 0 aromatic heterocycles. The van der Waals surface area contributed by atoms with Gasteiger partial charge in [0.1, 0.15) is 0 Å². The van der Waals surface area contributed by atoms with Crippen molar-refractivity contribution in [2.75, 3.05) is 39.4 Å². The van der Waals surface area contributed by atoms with Crippen molar-refractivity contribution >= 4 is 17.6 Å². The number of esters is 1. The molecular weight excluding hydrogens is 376 g/mol. The lowest BCUT2D eigenvalue weighted by Gasteiger charge is -2.21. The van der Waals surface area contributed by atoms with Gasteiger partial charge in [-0.1, -0.05) is 18.2 Å². The van der Waals surface area contributed by atoms with Crippen molar-refractivity contribution < 1.29 is 28.5 Å². The zero-order valence-corrected chi connectivity index (χ0v) is 16.5. The lowest BCUT2D eigenvalue weighted by molar-refractivity contribution is -0.121. The van der Waals surface area contributed by atoms with Crippen molar-refractivity contribution in [2.45, 2.75) is 6.42 Å². The summed E-state index contributed by atoms with van der Waals surface area (Å²) in [6, 6.07) is 13.8. The van der Waals surface area contributed by atoms with Gasteiger partial charge in [-0.05, 0) is 24.3 Å². The van der Waals surface area contributed by atoms with Gasteiger partial charge in [-0.25, -0.2) is 4.79 Å². The van der Waals surface area contributed by atoms with Crippen LogP contribution in [0.15, 0.2) is 42.5 Å². The van der Waals surface area contributed by atoms with E-state index in [9.17, 15) is 9.59 Å². The van der Waals surface area contributed by atoms with E-state index in [0.29, 0.717) is 22.9 Å². The molecule has 0 fully saturated rings. The van der Waals surface area contributed by atoms with E-state index in [0.717, 1.165) is 0 Å². The first-order valence-electron chi connectivity index (χ1n) is 8.75. The van der Waals surface area contributed by atoms with E-state index in [4.69, 9.17) is 24.2 Å². The van der Waals surface area contributed by atoms with Gasteiger partial charge in [-0.15, -0.1) is 0 Å². The first kappa shape index (κ1) is 21.6. The second-order valence-electron chi connectivity index (χ2n) is 5.78. The zero-order valence-electron chi connectivity index (χ0n) is 16.5. The van der Waals surface area contributed by atoms with Gasteiger partial charge >= 0.3 is 5.97 Å². The topological polar surface area (TPSA) is 98.1 Å². The quantitative estimate of drug-likeness (QED) is 0.599. The number of rotatable bonds is 9. The van der Waals surface area contributed by atoms with Gasteiger partial charge in [0.05, 0.1) is 39.4 Å². The minimum absolute atomic E-state index is 0.149. The fourth-order valence-electron chi connectivity index (χ4n) is 2.66. The van der Waals surface area contributed by atoms with Crippen LogP contribution in [0.25, 0.3) is 0 Å². The third kappa shape index (κ3) is 5.39. The lowest BCUT2D eigenvalue weighted by Crippen LogP contribution is -2.35. The molecule has 2 rings (SSSR count). The van der Waals surface area contributed by atoms with Crippen LogP contribution >= 0.6 is 0 Å². The standard InChI is InChI=1S/C21H22N2O6/c1-26-17-12-15(13-18(27-2)20(17)28-3)21(25)29-14-19(24)23(11-7-10-22)16-8-5-4-6-9-16/h4-6,8-9,12-13H,7,11,14H2,1-3H3. The van der Waals surface area contributed by atoms with E-state index in [1.807, 2.05) is 12.1 Å². The highest BCUT2D eigenvalue weighted by molar-refractivity contribution is 5.97. The van der Waals surface area contributed by atoms with Crippen molar-refractivity contribution in [3.05, 3.63) is 48.0 Å². The Morgan fingerprint density at radius 1 is 1.00 bits per heavy atom. The molecular formula is C21H22N2O6. The second-order valence-corrected chi connectivity index (χ2v) is 5.78. The van der Waals surface area contributed by atoms with E-state index in [1.165, 1.54) is 38.4 Å². The van der Waals surface area contributed by atoms with Crippen molar-refractivity contribution in [1.29, 1.82) is 5.26 Å². The summed E-state index contributed by atoms with van der Waals surface area (Å²) in [6.07, 6.45) is 0.154. The number of methoxy groups -OCH3 is 3. The van der Waals surface area contributed by atoms with Crippen LogP contribution in [-0.2, 0) is 9.53 Å². The normalized spacial score (nSPS) is 9.86. The summed E-state index contributed by atoms with van der Waals surface area (Å²) in [5, 5.41) is 8.84. The van der Waals surface area contributed by atoms with Gasteiger partial charge in [-0.2, -0.15) is 5.26 Å². The number of nitriles is 1. The van der Waals surface area contributed by atoms with Crippen LogP contribution in [0.4, 0.5) is 5.69 Å². The molecule has 8 nitrogen and oxygen atoms in total. The minimum Gasteiger partial charge on any atom is -0.493 e. The van der Waals surface area contributed by atoms with Crippen molar-refractivity contribution in [1.82, 2.24) is 0 Å². The summed E-state index contributed by atoms with van der Waals surface area (Å²) in [6.45, 7) is -0.281. The number of benzene rings is 2. The first-order valence-corrected chi connectivity index (χ1v) is 8.75. The molecule has 0 unspecified atom stereocenters. The van der Waals surface area contributed by atoms with Gasteiger partial charge in [0.15, 0.2) is 18.1 Å².